The number of aryl methyl sites for hydroxylation is 1. The number of rotatable bonds is 5. The molecular weight excluding hydrogens is 356 g/mol. The molecule has 0 aromatic heterocycles. The highest BCUT2D eigenvalue weighted by atomic mass is 79.9. The second-order valence-corrected chi connectivity index (χ2v) is 7.84. The summed E-state index contributed by atoms with van der Waals surface area (Å²) >= 11 is 3.37. The first-order chi connectivity index (χ1) is 9.89. The quantitative estimate of drug-likeness (QED) is 0.823. The highest BCUT2D eigenvalue weighted by Gasteiger charge is 2.32. The van der Waals surface area contributed by atoms with Crippen LogP contribution < -0.4 is 10.5 Å². The van der Waals surface area contributed by atoms with E-state index >= 15 is 0 Å². The van der Waals surface area contributed by atoms with Crippen LogP contribution in [0.1, 0.15) is 30.4 Å². The van der Waals surface area contributed by atoms with Crippen molar-refractivity contribution in [2.24, 2.45) is 5.73 Å². The second kappa shape index (κ2) is 6.75. The molecule has 1 saturated carbocycles. The van der Waals surface area contributed by atoms with Crippen LogP contribution in [0.5, 0.6) is 0 Å². The third-order valence-electron chi connectivity index (χ3n) is 3.87. The van der Waals surface area contributed by atoms with E-state index in [-0.39, 0.29) is 17.0 Å². The molecule has 0 spiro atoms. The molecule has 0 amide bonds. The van der Waals surface area contributed by atoms with Gasteiger partial charge in [0.2, 0.25) is 10.0 Å². The summed E-state index contributed by atoms with van der Waals surface area (Å²) in [6, 6.07) is 3.33. The van der Waals surface area contributed by atoms with E-state index in [0.717, 1.165) is 30.4 Å². The van der Waals surface area contributed by atoms with E-state index in [1.54, 1.807) is 13.2 Å². The van der Waals surface area contributed by atoms with Crippen molar-refractivity contribution in [2.45, 2.75) is 49.8 Å². The number of methoxy groups -OCH3 is 1. The molecule has 1 aromatic rings. The molecule has 0 aliphatic heterocycles. The van der Waals surface area contributed by atoms with Crippen molar-refractivity contribution in [3.63, 3.8) is 0 Å². The van der Waals surface area contributed by atoms with E-state index in [2.05, 4.69) is 20.7 Å². The van der Waals surface area contributed by atoms with Crippen LogP contribution in [0.15, 0.2) is 21.5 Å². The van der Waals surface area contributed by atoms with Crippen molar-refractivity contribution in [3.8, 4) is 0 Å². The summed E-state index contributed by atoms with van der Waals surface area (Å²) in [5, 5.41) is 0. The van der Waals surface area contributed by atoms with Gasteiger partial charge in [-0.3, -0.25) is 0 Å². The smallest absolute Gasteiger partial charge is 0.242 e. The van der Waals surface area contributed by atoms with Gasteiger partial charge >= 0.3 is 0 Å². The zero-order chi connectivity index (χ0) is 15.6. The van der Waals surface area contributed by atoms with E-state index in [1.807, 2.05) is 13.0 Å². The van der Waals surface area contributed by atoms with Crippen molar-refractivity contribution in [1.82, 2.24) is 4.72 Å². The first-order valence-corrected chi connectivity index (χ1v) is 9.21. The van der Waals surface area contributed by atoms with Gasteiger partial charge in [0.1, 0.15) is 0 Å². The van der Waals surface area contributed by atoms with E-state index in [0.29, 0.717) is 11.0 Å². The summed E-state index contributed by atoms with van der Waals surface area (Å²) in [5.74, 6) is 0. The molecule has 118 valence electrons. The minimum absolute atomic E-state index is 0.0580. The molecule has 2 atom stereocenters. The van der Waals surface area contributed by atoms with Crippen LogP contribution in [0.25, 0.3) is 0 Å². The predicted octanol–water partition coefficient (Wildman–Crippen LogP) is 2.06. The Hall–Kier alpha value is -0.470. The molecule has 0 radical (unpaired) electrons. The Bertz CT molecular complexity index is 619. The van der Waals surface area contributed by atoms with Crippen molar-refractivity contribution >= 4 is 26.0 Å². The standard InChI is InChI=1S/C14H21BrN2O3S/c1-9-6-10(8-16)7-13(14(9)15)21(18,19)17-11-4-3-5-12(11)20-2/h6-7,11-12,17H,3-5,8,16H2,1-2H3. The van der Waals surface area contributed by atoms with E-state index in [1.165, 1.54) is 0 Å². The Morgan fingerprint density at radius 1 is 1.43 bits per heavy atom. The van der Waals surface area contributed by atoms with E-state index < -0.39 is 10.0 Å². The van der Waals surface area contributed by atoms with Crippen molar-refractivity contribution < 1.29 is 13.2 Å². The normalized spacial score (nSPS) is 22.7. The molecule has 5 nitrogen and oxygen atoms in total. The lowest BCUT2D eigenvalue weighted by Gasteiger charge is -2.20. The molecule has 1 aliphatic rings. The Morgan fingerprint density at radius 2 is 2.14 bits per heavy atom. The maximum Gasteiger partial charge on any atom is 0.242 e. The number of sulfonamides is 1. The number of halogens is 1. The molecule has 7 heteroatoms. The summed E-state index contributed by atoms with van der Waals surface area (Å²) in [4.78, 5) is 0.240. The fourth-order valence-electron chi connectivity index (χ4n) is 2.73. The number of benzene rings is 1. The molecule has 2 unspecified atom stereocenters. The summed E-state index contributed by atoms with van der Waals surface area (Å²) in [7, 11) is -1.99. The Kier molecular flexibility index (Phi) is 5.43. The Morgan fingerprint density at radius 3 is 2.76 bits per heavy atom. The van der Waals surface area contributed by atoms with Crippen LogP contribution in [0.4, 0.5) is 0 Å². The summed E-state index contributed by atoms with van der Waals surface area (Å²) in [5.41, 5.74) is 7.29. The third-order valence-corrected chi connectivity index (χ3v) is 6.70. The summed E-state index contributed by atoms with van der Waals surface area (Å²) < 4.78 is 34.0. The van der Waals surface area contributed by atoms with E-state index in [4.69, 9.17) is 10.5 Å². The lowest BCUT2D eigenvalue weighted by Crippen LogP contribution is -2.40. The van der Waals surface area contributed by atoms with E-state index in [9.17, 15) is 8.42 Å². The van der Waals surface area contributed by atoms with Gasteiger partial charge in [-0.05, 0) is 59.3 Å². The first kappa shape index (κ1) is 16.9. The minimum Gasteiger partial charge on any atom is -0.380 e. The SMILES string of the molecule is COC1CCCC1NS(=O)(=O)c1cc(CN)cc(C)c1Br. The van der Waals surface area contributed by atoms with Crippen LogP contribution in [0, 0.1) is 6.92 Å². The van der Waals surface area contributed by atoms with Crippen molar-refractivity contribution in [1.29, 1.82) is 0 Å². The monoisotopic (exact) mass is 376 g/mol. The van der Waals surface area contributed by atoms with Gasteiger partial charge in [-0.25, -0.2) is 13.1 Å². The van der Waals surface area contributed by atoms with Gasteiger partial charge in [0.25, 0.3) is 0 Å². The van der Waals surface area contributed by atoms with Gasteiger partial charge in [-0.2, -0.15) is 0 Å². The van der Waals surface area contributed by atoms with Crippen LogP contribution in [-0.4, -0.2) is 27.7 Å². The van der Waals surface area contributed by atoms with Gasteiger partial charge in [0.05, 0.1) is 11.0 Å². The number of ether oxygens (including phenoxy) is 1. The second-order valence-electron chi connectivity index (χ2n) is 5.36. The minimum atomic E-state index is -3.60. The molecule has 0 heterocycles. The summed E-state index contributed by atoms with van der Waals surface area (Å²) in [6.07, 6.45) is 2.59. The van der Waals surface area contributed by atoms with Crippen LogP contribution in [-0.2, 0) is 21.3 Å². The molecule has 0 bridgehead atoms. The molecule has 0 saturated heterocycles. The first-order valence-electron chi connectivity index (χ1n) is 6.93. The van der Waals surface area contributed by atoms with Crippen LogP contribution in [0.2, 0.25) is 0 Å². The molecule has 21 heavy (non-hydrogen) atoms. The van der Waals surface area contributed by atoms with Gasteiger partial charge in [0.15, 0.2) is 0 Å². The average Bonchev–Trinajstić information content (AvgIpc) is 2.87. The highest BCUT2D eigenvalue weighted by Crippen LogP contribution is 2.29. The van der Waals surface area contributed by atoms with Crippen LogP contribution >= 0.6 is 15.9 Å². The molecule has 3 N–H and O–H groups in total. The average molecular weight is 377 g/mol. The fraction of sp³-hybridized carbons (Fsp3) is 0.571. The fourth-order valence-corrected chi connectivity index (χ4v) is 5.10. The van der Waals surface area contributed by atoms with Gasteiger partial charge in [-0.15, -0.1) is 0 Å². The predicted molar refractivity (Wildman–Crippen MR) is 85.5 cm³/mol. The molecular formula is C14H21BrN2O3S. The third kappa shape index (κ3) is 3.65. The Balaban J connectivity index is 2.33. The Labute approximate surface area is 134 Å². The maximum absolute atomic E-state index is 12.7. The number of hydrogen-bond acceptors (Lipinski definition) is 4. The molecule has 1 fully saturated rings. The highest BCUT2D eigenvalue weighted by molar-refractivity contribution is 9.10. The zero-order valence-corrected chi connectivity index (χ0v) is 14.6. The number of hydrogen-bond donors (Lipinski definition) is 2. The molecule has 1 aliphatic carbocycles. The zero-order valence-electron chi connectivity index (χ0n) is 12.2. The summed E-state index contributed by atoms with van der Waals surface area (Å²) in [6.45, 7) is 2.16. The van der Waals surface area contributed by atoms with Crippen LogP contribution in [0.3, 0.4) is 0 Å². The van der Waals surface area contributed by atoms with Gasteiger partial charge in [-0.1, -0.05) is 6.07 Å². The van der Waals surface area contributed by atoms with Crippen molar-refractivity contribution in [3.05, 3.63) is 27.7 Å². The van der Waals surface area contributed by atoms with Gasteiger partial charge in [0, 0.05) is 24.2 Å². The maximum atomic E-state index is 12.7. The molecule has 1 aromatic carbocycles. The molecule has 2 rings (SSSR count). The number of nitrogens with one attached hydrogen (secondary N) is 1. The lowest BCUT2D eigenvalue weighted by atomic mass is 10.1. The van der Waals surface area contributed by atoms with Gasteiger partial charge < -0.3 is 10.5 Å². The van der Waals surface area contributed by atoms with Crippen molar-refractivity contribution in [2.75, 3.05) is 7.11 Å². The topological polar surface area (TPSA) is 81.4 Å². The lowest BCUT2D eigenvalue weighted by molar-refractivity contribution is 0.0916. The number of nitrogens with two attached hydrogens (primary N) is 1. The largest absolute Gasteiger partial charge is 0.380 e.